The van der Waals surface area contributed by atoms with E-state index < -0.39 is 23.4 Å². The molecule has 1 saturated heterocycles. The molecular weight excluding hydrogens is 394 g/mol. The third-order valence-corrected chi connectivity index (χ3v) is 5.48. The number of para-hydroxylation sites is 1. The van der Waals surface area contributed by atoms with E-state index in [2.05, 4.69) is 15.7 Å². The molecule has 2 N–H and O–H groups in total. The Morgan fingerprint density at radius 2 is 1.65 bits per heavy atom. The van der Waals surface area contributed by atoms with Gasteiger partial charge in [-0.05, 0) is 38.5 Å². The molecule has 0 aliphatic carbocycles. The molecule has 8 heteroatoms. The summed E-state index contributed by atoms with van der Waals surface area (Å²) in [6.07, 6.45) is 0. The van der Waals surface area contributed by atoms with Crippen LogP contribution in [0.1, 0.15) is 23.9 Å². The van der Waals surface area contributed by atoms with Crippen LogP contribution in [0.5, 0.6) is 0 Å². The highest BCUT2D eigenvalue weighted by molar-refractivity contribution is 6.10. The molecule has 8 nitrogen and oxygen atoms in total. The summed E-state index contributed by atoms with van der Waals surface area (Å²) in [5.41, 5.74) is 2.28. The first-order valence-corrected chi connectivity index (χ1v) is 9.92. The largest absolute Gasteiger partial charge is 0.325 e. The molecule has 1 fully saturated rings. The molecule has 2 aromatic carbocycles. The monoisotopic (exact) mass is 417 g/mol. The normalized spacial score (nSPS) is 18.2. The summed E-state index contributed by atoms with van der Waals surface area (Å²) in [5, 5.41) is 10.0. The van der Waals surface area contributed by atoms with E-state index in [4.69, 9.17) is 0 Å². The van der Waals surface area contributed by atoms with Gasteiger partial charge in [-0.1, -0.05) is 48.5 Å². The van der Waals surface area contributed by atoms with Gasteiger partial charge in [0.1, 0.15) is 12.1 Å². The molecule has 31 heavy (non-hydrogen) atoms. The van der Waals surface area contributed by atoms with Crippen molar-refractivity contribution in [1.29, 1.82) is 0 Å². The average molecular weight is 417 g/mol. The summed E-state index contributed by atoms with van der Waals surface area (Å²) >= 11 is 0. The molecule has 0 radical (unpaired) electrons. The fraction of sp³-hybridized carbons (Fsp3) is 0.217. The number of amides is 4. The van der Waals surface area contributed by atoms with Crippen molar-refractivity contribution < 1.29 is 14.4 Å². The molecule has 1 atom stereocenters. The maximum Gasteiger partial charge on any atom is 0.325 e. The first-order chi connectivity index (χ1) is 14.8. The number of aromatic nitrogens is 2. The standard InChI is InChI=1S/C23H23N5O3/c1-15-20(16(2)28(26-15)18-12-8-5-9-13-18)24-19(29)14-27-21(30)23(3,25-22(27)31)17-10-6-4-7-11-17/h4-13H,14H2,1-3H3,(H,24,29)(H,25,31)/t23-/m0/s1. The van der Waals surface area contributed by atoms with Crippen LogP contribution in [0, 0.1) is 13.8 Å². The van der Waals surface area contributed by atoms with Crippen molar-refractivity contribution >= 4 is 23.5 Å². The third-order valence-electron chi connectivity index (χ3n) is 5.48. The number of anilines is 1. The fourth-order valence-electron chi connectivity index (χ4n) is 3.77. The minimum atomic E-state index is -1.21. The first-order valence-electron chi connectivity index (χ1n) is 9.92. The predicted octanol–water partition coefficient (Wildman–Crippen LogP) is 2.89. The first kappa shape index (κ1) is 20.3. The Kier molecular flexibility index (Phi) is 5.06. The molecule has 4 amide bonds. The van der Waals surface area contributed by atoms with Gasteiger partial charge >= 0.3 is 6.03 Å². The van der Waals surface area contributed by atoms with E-state index in [0.29, 0.717) is 16.9 Å². The molecule has 1 aliphatic heterocycles. The summed E-state index contributed by atoms with van der Waals surface area (Å²) in [7, 11) is 0. The lowest BCUT2D eigenvalue weighted by atomic mass is 9.92. The van der Waals surface area contributed by atoms with Crippen molar-refractivity contribution in [2.75, 3.05) is 11.9 Å². The van der Waals surface area contributed by atoms with Gasteiger partial charge in [-0.2, -0.15) is 5.10 Å². The molecular formula is C23H23N5O3. The lowest BCUT2D eigenvalue weighted by Gasteiger charge is -2.22. The van der Waals surface area contributed by atoms with E-state index >= 15 is 0 Å². The van der Waals surface area contributed by atoms with Crippen molar-refractivity contribution in [2.24, 2.45) is 0 Å². The number of urea groups is 1. The van der Waals surface area contributed by atoms with Gasteiger partial charge < -0.3 is 10.6 Å². The summed E-state index contributed by atoms with van der Waals surface area (Å²) in [5.74, 6) is -0.938. The second kappa shape index (κ2) is 7.71. The van der Waals surface area contributed by atoms with Gasteiger partial charge in [0.2, 0.25) is 5.91 Å². The van der Waals surface area contributed by atoms with Crippen LogP contribution in [0.2, 0.25) is 0 Å². The smallest absolute Gasteiger partial charge is 0.321 e. The lowest BCUT2D eigenvalue weighted by molar-refractivity contribution is -0.133. The van der Waals surface area contributed by atoms with Gasteiger partial charge in [-0.25, -0.2) is 9.48 Å². The van der Waals surface area contributed by atoms with Crippen LogP contribution in [0.15, 0.2) is 60.7 Å². The van der Waals surface area contributed by atoms with E-state index in [9.17, 15) is 14.4 Å². The van der Waals surface area contributed by atoms with Crippen LogP contribution in [0.25, 0.3) is 5.69 Å². The summed E-state index contributed by atoms with van der Waals surface area (Å²) in [4.78, 5) is 39.2. The zero-order valence-electron chi connectivity index (χ0n) is 17.5. The highest BCUT2D eigenvalue weighted by Crippen LogP contribution is 2.29. The zero-order chi connectivity index (χ0) is 22.2. The number of nitrogens with one attached hydrogen (secondary N) is 2. The van der Waals surface area contributed by atoms with Crippen LogP contribution in [-0.4, -0.2) is 39.1 Å². The number of hydrogen-bond acceptors (Lipinski definition) is 4. The predicted molar refractivity (Wildman–Crippen MR) is 116 cm³/mol. The molecule has 1 aromatic heterocycles. The van der Waals surface area contributed by atoms with E-state index in [-0.39, 0.29) is 6.54 Å². The van der Waals surface area contributed by atoms with E-state index in [0.717, 1.165) is 16.3 Å². The van der Waals surface area contributed by atoms with Gasteiger partial charge in [0.25, 0.3) is 5.91 Å². The molecule has 0 bridgehead atoms. The van der Waals surface area contributed by atoms with Crippen molar-refractivity contribution in [3.8, 4) is 5.69 Å². The van der Waals surface area contributed by atoms with Crippen LogP contribution in [-0.2, 0) is 15.1 Å². The van der Waals surface area contributed by atoms with Crippen LogP contribution >= 0.6 is 0 Å². The molecule has 158 valence electrons. The summed E-state index contributed by atoms with van der Waals surface area (Å²) < 4.78 is 1.74. The Labute approximate surface area is 179 Å². The van der Waals surface area contributed by atoms with Crippen molar-refractivity contribution in [1.82, 2.24) is 20.0 Å². The molecule has 1 aliphatic rings. The SMILES string of the molecule is Cc1nn(-c2ccccc2)c(C)c1NC(=O)CN1C(=O)N[C@@](C)(c2ccccc2)C1=O. The lowest BCUT2D eigenvalue weighted by Crippen LogP contribution is -2.42. The van der Waals surface area contributed by atoms with E-state index in [1.807, 2.05) is 43.3 Å². The number of imide groups is 1. The third kappa shape index (κ3) is 3.56. The Bertz CT molecular complexity index is 1160. The topological polar surface area (TPSA) is 96.3 Å². The molecule has 4 rings (SSSR count). The fourth-order valence-corrected chi connectivity index (χ4v) is 3.77. The Morgan fingerprint density at radius 1 is 1.03 bits per heavy atom. The van der Waals surface area contributed by atoms with Crippen LogP contribution < -0.4 is 10.6 Å². The van der Waals surface area contributed by atoms with Gasteiger partial charge in [0.05, 0.1) is 22.8 Å². The number of benzene rings is 2. The quantitative estimate of drug-likeness (QED) is 0.624. The second-order valence-corrected chi connectivity index (χ2v) is 7.65. The van der Waals surface area contributed by atoms with Crippen molar-refractivity contribution in [3.05, 3.63) is 77.6 Å². The molecule has 2 heterocycles. The van der Waals surface area contributed by atoms with E-state index in [1.165, 1.54) is 0 Å². The number of aryl methyl sites for hydroxylation is 1. The van der Waals surface area contributed by atoms with Crippen LogP contribution in [0.4, 0.5) is 10.5 Å². The Balaban J connectivity index is 1.52. The highest BCUT2D eigenvalue weighted by atomic mass is 16.2. The summed E-state index contributed by atoms with van der Waals surface area (Å²) in [6.45, 7) is 4.90. The number of carbonyl (C=O) groups excluding carboxylic acids is 3. The second-order valence-electron chi connectivity index (χ2n) is 7.65. The minimum Gasteiger partial charge on any atom is -0.321 e. The van der Waals surface area contributed by atoms with Gasteiger partial charge in [0.15, 0.2) is 0 Å². The number of nitrogens with zero attached hydrogens (tertiary/aromatic N) is 3. The van der Waals surface area contributed by atoms with Crippen LogP contribution in [0.3, 0.4) is 0 Å². The molecule has 0 spiro atoms. The molecule has 0 saturated carbocycles. The Morgan fingerprint density at radius 3 is 2.29 bits per heavy atom. The highest BCUT2D eigenvalue weighted by Gasteiger charge is 2.49. The maximum absolute atomic E-state index is 13.0. The summed E-state index contributed by atoms with van der Waals surface area (Å²) in [6, 6.07) is 17.9. The number of carbonyl (C=O) groups is 3. The zero-order valence-corrected chi connectivity index (χ0v) is 17.5. The van der Waals surface area contributed by atoms with Gasteiger partial charge in [-0.3, -0.25) is 14.5 Å². The van der Waals surface area contributed by atoms with Gasteiger partial charge in [0, 0.05) is 0 Å². The number of hydrogen-bond donors (Lipinski definition) is 2. The minimum absolute atomic E-state index is 0.386. The average Bonchev–Trinajstić information content (AvgIpc) is 3.17. The Hall–Kier alpha value is -3.94. The van der Waals surface area contributed by atoms with E-state index in [1.54, 1.807) is 42.8 Å². The molecule has 0 unspecified atom stereocenters. The van der Waals surface area contributed by atoms with Gasteiger partial charge in [-0.15, -0.1) is 0 Å². The van der Waals surface area contributed by atoms with Crippen molar-refractivity contribution in [2.45, 2.75) is 26.3 Å². The maximum atomic E-state index is 13.0. The molecule has 3 aromatic rings. The number of rotatable bonds is 5. The van der Waals surface area contributed by atoms with Crippen molar-refractivity contribution in [3.63, 3.8) is 0 Å².